The Balaban J connectivity index is 1.98. The average Bonchev–Trinajstić information content (AvgIpc) is 2.76. The van der Waals surface area contributed by atoms with Crippen LogP contribution >= 0.6 is 11.8 Å². The molecule has 29 heavy (non-hydrogen) atoms. The number of nitrogens with zero attached hydrogens (tertiary/aromatic N) is 4. The fraction of sp³-hybridized carbons (Fsp3) is 0.273. The van der Waals surface area contributed by atoms with Crippen molar-refractivity contribution in [3.8, 4) is 6.07 Å². The highest BCUT2D eigenvalue weighted by molar-refractivity contribution is 7.99. The molecule has 0 fully saturated rings. The predicted octanol–water partition coefficient (Wildman–Crippen LogP) is 3.47. The smallest absolute Gasteiger partial charge is 0.262 e. The van der Waals surface area contributed by atoms with E-state index in [9.17, 15) is 9.59 Å². The van der Waals surface area contributed by atoms with Crippen LogP contribution in [0.25, 0.3) is 10.9 Å². The lowest BCUT2D eigenvalue weighted by Gasteiger charge is -2.20. The first kappa shape index (κ1) is 20.6. The van der Waals surface area contributed by atoms with Crippen LogP contribution in [0.15, 0.2) is 64.5 Å². The van der Waals surface area contributed by atoms with Crippen molar-refractivity contribution in [1.82, 2.24) is 14.5 Å². The molecule has 1 aromatic heterocycles. The highest BCUT2D eigenvalue weighted by Crippen LogP contribution is 2.25. The summed E-state index contributed by atoms with van der Waals surface area (Å²) in [6.45, 7) is 2.34. The first-order valence-corrected chi connectivity index (χ1v) is 10.3. The summed E-state index contributed by atoms with van der Waals surface area (Å²) in [4.78, 5) is 31.9. The van der Waals surface area contributed by atoms with Crippen LogP contribution in [0.4, 0.5) is 0 Å². The minimum Gasteiger partial charge on any atom is -0.344 e. The highest BCUT2D eigenvalue weighted by Gasteiger charge is 2.19. The number of para-hydroxylation sites is 1. The second-order valence-corrected chi connectivity index (χ2v) is 7.63. The molecule has 0 aliphatic rings. The molecule has 0 saturated carbocycles. The van der Waals surface area contributed by atoms with Crippen molar-refractivity contribution < 1.29 is 4.79 Å². The molecule has 2 aromatic carbocycles. The number of hydrogen-bond donors (Lipinski definition) is 0. The van der Waals surface area contributed by atoms with Crippen molar-refractivity contribution in [2.75, 3.05) is 19.3 Å². The van der Waals surface area contributed by atoms with Gasteiger partial charge < -0.3 is 4.90 Å². The van der Waals surface area contributed by atoms with E-state index in [1.54, 1.807) is 23.7 Å². The van der Waals surface area contributed by atoms with Gasteiger partial charge in [0, 0.05) is 13.6 Å². The fourth-order valence-electron chi connectivity index (χ4n) is 3.03. The van der Waals surface area contributed by atoms with Crippen LogP contribution < -0.4 is 5.56 Å². The Morgan fingerprint density at radius 1 is 1.21 bits per heavy atom. The molecule has 3 rings (SSSR count). The summed E-state index contributed by atoms with van der Waals surface area (Å²) in [5.74, 6) is 0.0420. The largest absolute Gasteiger partial charge is 0.344 e. The summed E-state index contributed by atoms with van der Waals surface area (Å²) in [5.41, 5.74) is 1.48. The molecule has 0 N–H and O–H groups in total. The Bertz CT molecular complexity index is 1110. The zero-order valence-corrected chi connectivity index (χ0v) is 17.2. The van der Waals surface area contributed by atoms with Crippen LogP contribution in [0.3, 0.4) is 0 Å². The van der Waals surface area contributed by atoms with E-state index in [2.05, 4.69) is 4.98 Å². The molecular weight excluding hydrogens is 384 g/mol. The van der Waals surface area contributed by atoms with Crippen LogP contribution in [0.5, 0.6) is 0 Å². The van der Waals surface area contributed by atoms with Crippen LogP contribution in [-0.4, -0.2) is 39.7 Å². The van der Waals surface area contributed by atoms with Crippen molar-refractivity contribution in [2.24, 2.45) is 0 Å². The maximum atomic E-state index is 13.3. The van der Waals surface area contributed by atoms with E-state index in [4.69, 9.17) is 5.26 Å². The number of rotatable bonds is 7. The fourth-order valence-corrected chi connectivity index (χ4v) is 4.04. The lowest BCUT2D eigenvalue weighted by molar-refractivity contribution is -0.127. The van der Waals surface area contributed by atoms with E-state index >= 15 is 0 Å². The molecule has 1 atom stereocenters. The van der Waals surface area contributed by atoms with Crippen LogP contribution in [0, 0.1) is 11.3 Å². The van der Waals surface area contributed by atoms with Crippen molar-refractivity contribution in [1.29, 1.82) is 5.26 Å². The number of fused-ring (bicyclic) bond motifs is 1. The summed E-state index contributed by atoms with van der Waals surface area (Å²) in [5, 5.41) is 9.76. The highest BCUT2D eigenvalue weighted by atomic mass is 32.2. The van der Waals surface area contributed by atoms with E-state index in [1.165, 1.54) is 16.7 Å². The number of hydrogen-bond acceptors (Lipinski definition) is 5. The Hall–Kier alpha value is -3.11. The SMILES string of the molecule is C[C@H](c1ccccc1)n1c(SCC(=O)N(C)CCC#N)nc2ccccc2c1=O. The van der Waals surface area contributed by atoms with Gasteiger partial charge in [0.1, 0.15) is 0 Å². The molecule has 0 unspecified atom stereocenters. The lowest BCUT2D eigenvalue weighted by atomic mass is 10.1. The van der Waals surface area contributed by atoms with Gasteiger partial charge in [0.2, 0.25) is 5.91 Å². The molecule has 6 nitrogen and oxygen atoms in total. The molecule has 0 radical (unpaired) electrons. The summed E-state index contributed by atoms with van der Waals surface area (Å²) >= 11 is 1.25. The molecule has 0 spiro atoms. The summed E-state index contributed by atoms with van der Waals surface area (Å²) in [6.07, 6.45) is 0.289. The molecule has 0 bridgehead atoms. The molecule has 3 aromatic rings. The normalized spacial score (nSPS) is 11.8. The summed E-state index contributed by atoms with van der Waals surface area (Å²) < 4.78 is 1.66. The molecular formula is C22H22N4O2S. The number of thioether (sulfide) groups is 1. The van der Waals surface area contributed by atoms with E-state index in [0.717, 1.165) is 5.56 Å². The zero-order chi connectivity index (χ0) is 20.8. The monoisotopic (exact) mass is 406 g/mol. The van der Waals surface area contributed by atoms with Gasteiger partial charge in [-0.05, 0) is 24.6 Å². The average molecular weight is 407 g/mol. The van der Waals surface area contributed by atoms with E-state index in [0.29, 0.717) is 22.6 Å². The first-order valence-electron chi connectivity index (χ1n) is 9.33. The third kappa shape index (κ3) is 4.66. The minimum absolute atomic E-state index is 0.105. The van der Waals surface area contributed by atoms with Gasteiger partial charge >= 0.3 is 0 Å². The lowest BCUT2D eigenvalue weighted by Crippen LogP contribution is -2.30. The molecule has 1 amide bonds. The zero-order valence-electron chi connectivity index (χ0n) is 16.4. The topological polar surface area (TPSA) is 79.0 Å². The van der Waals surface area contributed by atoms with Gasteiger partial charge in [-0.2, -0.15) is 5.26 Å². The third-order valence-corrected chi connectivity index (χ3v) is 5.69. The molecule has 0 aliphatic heterocycles. The quantitative estimate of drug-likeness (QED) is 0.443. The van der Waals surface area contributed by atoms with Gasteiger partial charge in [-0.3, -0.25) is 14.2 Å². The summed E-state index contributed by atoms with van der Waals surface area (Å²) in [6, 6.07) is 18.8. The van der Waals surface area contributed by atoms with Crippen molar-refractivity contribution in [2.45, 2.75) is 24.5 Å². The van der Waals surface area contributed by atoms with Gasteiger partial charge in [-0.25, -0.2) is 4.98 Å². The Morgan fingerprint density at radius 3 is 2.62 bits per heavy atom. The predicted molar refractivity (Wildman–Crippen MR) is 115 cm³/mol. The molecule has 148 valence electrons. The number of nitriles is 1. The standard InChI is InChI=1S/C22H22N4O2S/c1-16(17-9-4-3-5-10-17)26-21(28)18-11-6-7-12-19(18)24-22(26)29-15-20(27)25(2)14-8-13-23/h3-7,9-12,16H,8,14-15H2,1-2H3/t16-/m1/s1. The van der Waals surface area contributed by atoms with Gasteiger partial charge in [0.15, 0.2) is 5.16 Å². The van der Waals surface area contributed by atoms with Crippen LogP contribution in [0.2, 0.25) is 0 Å². The second-order valence-electron chi connectivity index (χ2n) is 6.69. The number of carbonyl (C=O) groups is 1. The van der Waals surface area contributed by atoms with Gasteiger partial charge in [0.05, 0.1) is 35.2 Å². The van der Waals surface area contributed by atoms with Gasteiger partial charge in [-0.15, -0.1) is 0 Å². The Kier molecular flexibility index (Phi) is 6.68. The second kappa shape index (κ2) is 9.39. The van der Waals surface area contributed by atoms with Crippen molar-refractivity contribution >= 4 is 28.6 Å². The van der Waals surface area contributed by atoms with Gasteiger partial charge in [0.25, 0.3) is 5.56 Å². The molecule has 0 saturated heterocycles. The number of amides is 1. The number of benzene rings is 2. The maximum absolute atomic E-state index is 13.3. The van der Waals surface area contributed by atoms with Crippen LogP contribution in [-0.2, 0) is 4.79 Å². The first-order chi connectivity index (χ1) is 14.0. The Morgan fingerprint density at radius 2 is 1.90 bits per heavy atom. The molecule has 1 heterocycles. The van der Waals surface area contributed by atoms with E-state index < -0.39 is 0 Å². The van der Waals surface area contributed by atoms with Crippen molar-refractivity contribution in [3.63, 3.8) is 0 Å². The summed E-state index contributed by atoms with van der Waals surface area (Å²) in [7, 11) is 1.67. The van der Waals surface area contributed by atoms with E-state index in [-0.39, 0.29) is 29.7 Å². The maximum Gasteiger partial charge on any atom is 0.262 e. The van der Waals surface area contributed by atoms with E-state index in [1.807, 2.05) is 55.5 Å². The molecule has 0 aliphatic carbocycles. The Labute approximate surface area is 173 Å². The van der Waals surface area contributed by atoms with Gasteiger partial charge in [-0.1, -0.05) is 54.2 Å². The number of carbonyl (C=O) groups excluding carboxylic acids is 1. The van der Waals surface area contributed by atoms with Crippen LogP contribution in [0.1, 0.15) is 24.9 Å². The molecule has 7 heteroatoms. The third-order valence-electron chi connectivity index (χ3n) is 4.75. The minimum atomic E-state index is -0.227. The number of aromatic nitrogens is 2. The van der Waals surface area contributed by atoms with Crippen molar-refractivity contribution in [3.05, 3.63) is 70.5 Å².